The second kappa shape index (κ2) is 5.76. The van der Waals surface area contributed by atoms with Crippen LogP contribution in [0.4, 0.5) is 0 Å². The Balaban J connectivity index is 3.13. The third-order valence-corrected chi connectivity index (χ3v) is 2.73. The van der Waals surface area contributed by atoms with Crippen LogP contribution < -0.4 is 0 Å². The molecule has 1 fully saturated rings. The van der Waals surface area contributed by atoms with E-state index in [1.165, 1.54) is 0 Å². The molecule has 1 rings (SSSR count). The first-order valence-corrected chi connectivity index (χ1v) is 6.76. The zero-order valence-corrected chi connectivity index (χ0v) is 12.7. The average Bonchev–Trinajstić information content (AvgIpc) is 2.10. The van der Waals surface area contributed by atoms with Gasteiger partial charge in [-0.1, -0.05) is 13.8 Å². The normalized spacial score (nSPS) is 19.1. The molecule has 0 bridgehead atoms. The predicted octanol–water partition coefficient (Wildman–Crippen LogP) is 3.01. The Hall–Kier alpha value is -1.32. The molecule has 0 aromatic heterocycles. The van der Waals surface area contributed by atoms with E-state index >= 15 is 0 Å². The minimum absolute atomic E-state index is 0.0931. The van der Waals surface area contributed by atoms with Gasteiger partial charge in [0, 0.05) is 12.8 Å². The van der Waals surface area contributed by atoms with Crippen molar-refractivity contribution in [3.8, 4) is 0 Å². The molecule has 0 saturated heterocycles. The van der Waals surface area contributed by atoms with Crippen molar-refractivity contribution in [1.29, 1.82) is 0 Å². The van der Waals surface area contributed by atoms with Crippen molar-refractivity contribution in [2.75, 3.05) is 0 Å². The number of carbonyl (C=O) groups excluding carboxylic acids is 2. The van der Waals surface area contributed by atoms with Gasteiger partial charge in [0.15, 0.2) is 11.6 Å². The van der Waals surface area contributed by atoms with Gasteiger partial charge in [0.2, 0.25) is 0 Å². The third-order valence-electron chi connectivity index (χ3n) is 2.73. The summed E-state index contributed by atoms with van der Waals surface area (Å²) < 4.78 is 11.1. The van der Waals surface area contributed by atoms with Gasteiger partial charge in [-0.15, -0.1) is 0 Å². The molecule has 4 heteroatoms. The fourth-order valence-corrected chi connectivity index (χ4v) is 2.07. The van der Waals surface area contributed by atoms with Crippen molar-refractivity contribution >= 4 is 11.6 Å². The van der Waals surface area contributed by atoms with Crippen LogP contribution >= 0.6 is 0 Å². The molecule has 108 valence electrons. The van der Waals surface area contributed by atoms with Gasteiger partial charge in [-0.2, -0.15) is 0 Å². The monoisotopic (exact) mass is 268 g/mol. The first kappa shape index (κ1) is 15.7. The highest BCUT2D eigenvalue weighted by molar-refractivity contribution is 6.22. The van der Waals surface area contributed by atoms with Gasteiger partial charge in [0.05, 0.1) is 12.2 Å². The highest BCUT2D eigenvalue weighted by Crippen LogP contribution is 2.35. The van der Waals surface area contributed by atoms with Crippen LogP contribution in [0.15, 0.2) is 11.5 Å². The Labute approximate surface area is 115 Å². The van der Waals surface area contributed by atoms with Crippen LogP contribution in [-0.4, -0.2) is 23.8 Å². The number of ketones is 2. The number of hydrogen-bond donors (Lipinski definition) is 0. The molecule has 0 amide bonds. The van der Waals surface area contributed by atoms with E-state index < -0.39 is 0 Å². The first-order chi connectivity index (χ1) is 8.62. The molecule has 0 N–H and O–H groups in total. The summed E-state index contributed by atoms with van der Waals surface area (Å²) in [5.41, 5.74) is -0.181. The summed E-state index contributed by atoms with van der Waals surface area (Å²) in [4.78, 5) is 24.4. The molecule has 0 radical (unpaired) electrons. The topological polar surface area (TPSA) is 52.6 Å². The standard InChI is InChI=1S/C15H24O4/c1-9(2)18-14(19-10(3)4)13-11(16)7-15(5,6)8-12(13)17/h9-10H,7-8H2,1-6H3. The molecule has 0 aromatic carbocycles. The molecule has 19 heavy (non-hydrogen) atoms. The second-order valence-corrected chi connectivity index (χ2v) is 6.36. The van der Waals surface area contributed by atoms with Crippen molar-refractivity contribution in [2.45, 2.75) is 66.6 Å². The average molecular weight is 268 g/mol. The van der Waals surface area contributed by atoms with E-state index in [1.54, 1.807) is 0 Å². The number of Topliss-reactive ketones (excluding diaryl/α,β-unsaturated/α-hetero) is 2. The van der Waals surface area contributed by atoms with Gasteiger partial charge in [0.25, 0.3) is 5.95 Å². The number of allylic oxidation sites excluding steroid dienone is 1. The maximum Gasteiger partial charge on any atom is 0.294 e. The Kier molecular flexibility index (Phi) is 4.77. The lowest BCUT2D eigenvalue weighted by Gasteiger charge is -2.30. The van der Waals surface area contributed by atoms with E-state index in [4.69, 9.17) is 9.47 Å². The molecule has 1 aliphatic carbocycles. The fraction of sp³-hybridized carbons (Fsp3) is 0.733. The molecule has 0 spiro atoms. The van der Waals surface area contributed by atoms with Crippen LogP contribution in [0.2, 0.25) is 0 Å². The Bertz CT molecular complexity index is 368. The lowest BCUT2D eigenvalue weighted by atomic mass is 9.74. The second-order valence-electron chi connectivity index (χ2n) is 6.36. The van der Waals surface area contributed by atoms with Crippen molar-refractivity contribution in [2.24, 2.45) is 5.41 Å². The summed E-state index contributed by atoms with van der Waals surface area (Å²) in [5, 5.41) is 0. The van der Waals surface area contributed by atoms with Crippen molar-refractivity contribution in [3.05, 3.63) is 11.5 Å². The van der Waals surface area contributed by atoms with Crippen LogP contribution in [-0.2, 0) is 19.1 Å². The Morgan fingerprint density at radius 1 is 0.947 bits per heavy atom. The molecule has 4 nitrogen and oxygen atoms in total. The van der Waals surface area contributed by atoms with Crippen molar-refractivity contribution in [3.63, 3.8) is 0 Å². The van der Waals surface area contributed by atoms with Crippen LogP contribution in [0.5, 0.6) is 0 Å². The molecule has 0 atom stereocenters. The van der Waals surface area contributed by atoms with Crippen LogP contribution in [0.25, 0.3) is 0 Å². The molecule has 0 unspecified atom stereocenters. The van der Waals surface area contributed by atoms with Crippen molar-refractivity contribution in [1.82, 2.24) is 0 Å². The summed E-state index contributed by atoms with van der Waals surface area (Å²) >= 11 is 0. The number of ether oxygens (including phenoxy) is 2. The van der Waals surface area contributed by atoms with Gasteiger partial charge < -0.3 is 9.47 Å². The van der Waals surface area contributed by atoms with Gasteiger partial charge in [-0.3, -0.25) is 9.59 Å². The molecular weight excluding hydrogens is 244 g/mol. The molecule has 0 aliphatic heterocycles. The first-order valence-electron chi connectivity index (χ1n) is 6.76. The number of rotatable bonds is 4. The van der Waals surface area contributed by atoms with E-state index in [2.05, 4.69) is 0 Å². The lowest BCUT2D eigenvalue weighted by Crippen LogP contribution is -2.33. The van der Waals surface area contributed by atoms with Crippen LogP contribution in [0.1, 0.15) is 54.4 Å². The van der Waals surface area contributed by atoms with E-state index in [1.807, 2.05) is 41.5 Å². The smallest absolute Gasteiger partial charge is 0.294 e. The van der Waals surface area contributed by atoms with Gasteiger partial charge in [-0.05, 0) is 33.1 Å². The quantitative estimate of drug-likeness (QED) is 0.447. The van der Waals surface area contributed by atoms with Crippen LogP contribution in [0, 0.1) is 5.41 Å². The predicted molar refractivity (Wildman–Crippen MR) is 72.5 cm³/mol. The van der Waals surface area contributed by atoms with Crippen LogP contribution in [0.3, 0.4) is 0 Å². The van der Waals surface area contributed by atoms with E-state index in [0.29, 0.717) is 12.8 Å². The molecular formula is C15H24O4. The zero-order chi connectivity index (χ0) is 14.8. The van der Waals surface area contributed by atoms with Crippen molar-refractivity contribution < 1.29 is 19.1 Å². The molecule has 1 saturated carbocycles. The zero-order valence-electron chi connectivity index (χ0n) is 12.7. The Morgan fingerprint density at radius 3 is 1.63 bits per heavy atom. The lowest BCUT2D eigenvalue weighted by molar-refractivity contribution is -0.129. The largest absolute Gasteiger partial charge is 0.462 e. The maximum absolute atomic E-state index is 12.2. The third kappa shape index (κ3) is 4.37. The van der Waals surface area contributed by atoms with E-state index in [9.17, 15) is 9.59 Å². The molecule has 0 heterocycles. The minimum Gasteiger partial charge on any atom is -0.462 e. The molecule has 1 aliphatic rings. The van der Waals surface area contributed by atoms with Gasteiger partial charge >= 0.3 is 0 Å². The van der Waals surface area contributed by atoms with Gasteiger partial charge in [-0.25, -0.2) is 0 Å². The minimum atomic E-state index is -0.279. The van der Waals surface area contributed by atoms with E-state index in [0.717, 1.165) is 0 Å². The summed E-state index contributed by atoms with van der Waals surface area (Å²) in [6.45, 7) is 11.2. The number of hydrogen-bond acceptors (Lipinski definition) is 4. The SMILES string of the molecule is CC(C)OC(OC(C)C)=C1C(=O)CC(C)(C)CC1=O. The summed E-state index contributed by atoms with van der Waals surface area (Å²) in [6.07, 6.45) is 0.412. The summed E-state index contributed by atoms with van der Waals surface area (Å²) in [6, 6.07) is 0. The van der Waals surface area contributed by atoms with Gasteiger partial charge in [0.1, 0.15) is 5.57 Å². The van der Waals surface area contributed by atoms with E-state index in [-0.39, 0.29) is 40.7 Å². The Morgan fingerprint density at radius 2 is 1.32 bits per heavy atom. The number of carbonyl (C=O) groups is 2. The molecule has 0 aromatic rings. The highest BCUT2D eigenvalue weighted by atomic mass is 16.7. The highest BCUT2D eigenvalue weighted by Gasteiger charge is 2.39. The summed E-state index contributed by atoms with van der Waals surface area (Å²) in [7, 11) is 0. The fourth-order valence-electron chi connectivity index (χ4n) is 2.07. The summed E-state index contributed by atoms with van der Waals surface area (Å²) in [5.74, 6) is -0.273. The maximum atomic E-state index is 12.2.